The van der Waals surface area contributed by atoms with Crippen LogP contribution in [0.2, 0.25) is 0 Å². The van der Waals surface area contributed by atoms with E-state index >= 15 is 0 Å². The van der Waals surface area contributed by atoms with Crippen LogP contribution >= 0.6 is 22.7 Å². The molecule has 1 aromatic carbocycles. The number of fused-ring (bicyclic) bond motifs is 2. The van der Waals surface area contributed by atoms with E-state index in [0.29, 0.717) is 38.3 Å². The number of benzene rings is 1. The Balaban J connectivity index is 1.75. The van der Waals surface area contributed by atoms with E-state index in [2.05, 4.69) is 11.6 Å². The van der Waals surface area contributed by atoms with Crippen LogP contribution in [-0.2, 0) is 14.3 Å². The number of rotatable bonds is 6. The fraction of sp³-hybridized carbons (Fsp3) is 0.259. The van der Waals surface area contributed by atoms with Crippen molar-refractivity contribution in [1.82, 2.24) is 4.57 Å². The van der Waals surface area contributed by atoms with Crippen molar-refractivity contribution in [2.24, 2.45) is 10.9 Å². The maximum atomic E-state index is 14.0. The van der Waals surface area contributed by atoms with Gasteiger partial charge in [0.05, 0.1) is 29.1 Å². The van der Waals surface area contributed by atoms with Crippen molar-refractivity contribution >= 4 is 45.8 Å². The van der Waals surface area contributed by atoms with Crippen LogP contribution in [0.25, 0.3) is 5.57 Å². The number of carbonyl (C=O) groups is 2. The molecule has 0 saturated heterocycles. The van der Waals surface area contributed by atoms with E-state index in [1.54, 1.807) is 17.9 Å². The van der Waals surface area contributed by atoms with E-state index in [4.69, 9.17) is 4.74 Å². The first-order chi connectivity index (χ1) is 17.3. The third-order valence-electron chi connectivity index (χ3n) is 6.04. The normalized spacial score (nSPS) is 18.3. The Morgan fingerprint density at radius 1 is 1.22 bits per heavy atom. The number of thiazole rings is 1. The van der Waals surface area contributed by atoms with Gasteiger partial charge in [0.1, 0.15) is 10.6 Å². The summed E-state index contributed by atoms with van der Waals surface area (Å²) in [5, 5.41) is 1.91. The van der Waals surface area contributed by atoms with Crippen molar-refractivity contribution in [2.45, 2.75) is 26.8 Å². The molecule has 4 heterocycles. The number of thiophene rings is 1. The van der Waals surface area contributed by atoms with E-state index in [9.17, 15) is 14.4 Å². The molecule has 0 radical (unpaired) electrons. The third kappa shape index (κ3) is 3.88. The summed E-state index contributed by atoms with van der Waals surface area (Å²) in [6.07, 6.45) is 1.66. The van der Waals surface area contributed by atoms with Gasteiger partial charge in [-0.15, -0.1) is 17.9 Å². The van der Waals surface area contributed by atoms with Crippen molar-refractivity contribution in [1.29, 1.82) is 0 Å². The number of ether oxygens (including phenoxy) is 1. The molecule has 0 spiro atoms. The van der Waals surface area contributed by atoms with Gasteiger partial charge in [0.15, 0.2) is 4.80 Å². The first-order valence-electron chi connectivity index (χ1n) is 11.6. The molecule has 2 aliphatic rings. The van der Waals surface area contributed by atoms with E-state index in [1.807, 2.05) is 55.6 Å². The second-order valence-corrected chi connectivity index (χ2v) is 11.0. The number of amides is 1. The molecule has 2 aliphatic heterocycles. The van der Waals surface area contributed by atoms with Gasteiger partial charge in [-0.3, -0.25) is 14.2 Å². The SMILES string of the molecule is C=CCN1C(=O)C(=c2sc3n(c2=O)C(c2cccs2)C(C(=O)OCC(C)C)=C(C)N=3)c2ccccc21. The number of allylic oxidation sites excluding steroid dienone is 1. The zero-order valence-corrected chi connectivity index (χ0v) is 21.8. The summed E-state index contributed by atoms with van der Waals surface area (Å²) >= 11 is 2.63. The van der Waals surface area contributed by atoms with Crippen LogP contribution in [0.15, 0.2) is 75.5 Å². The highest BCUT2D eigenvalue weighted by molar-refractivity contribution is 7.10. The lowest BCUT2D eigenvalue weighted by Gasteiger charge is -2.23. The van der Waals surface area contributed by atoms with Crippen molar-refractivity contribution in [2.75, 3.05) is 18.1 Å². The molecular formula is C27H25N3O4S2. The molecule has 0 fully saturated rings. The Hall–Kier alpha value is -3.56. The zero-order valence-electron chi connectivity index (χ0n) is 20.2. The van der Waals surface area contributed by atoms with Gasteiger partial charge in [-0.05, 0) is 30.4 Å². The Labute approximate surface area is 216 Å². The average molecular weight is 520 g/mol. The minimum atomic E-state index is -0.675. The minimum Gasteiger partial charge on any atom is -0.462 e. The lowest BCUT2D eigenvalue weighted by atomic mass is 10.0. The van der Waals surface area contributed by atoms with E-state index in [-0.39, 0.29) is 24.0 Å². The summed E-state index contributed by atoms with van der Waals surface area (Å²) in [5.41, 5.74) is 2.30. The zero-order chi connectivity index (χ0) is 25.6. The van der Waals surface area contributed by atoms with Gasteiger partial charge in [0.25, 0.3) is 11.5 Å². The molecule has 184 valence electrons. The summed E-state index contributed by atoms with van der Waals surface area (Å²) in [7, 11) is 0. The van der Waals surface area contributed by atoms with E-state index in [0.717, 1.165) is 10.6 Å². The van der Waals surface area contributed by atoms with Crippen molar-refractivity contribution in [3.8, 4) is 0 Å². The Kier molecular flexibility index (Phi) is 6.36. The molecule has 1 unspecified atom stereocenters. The number of hydrogen-bond acceptors (Lipinski definition) is 7. The number of para-hydroxylation sites is 1. The molecule has 0 N–H and O–H groups in total. The molecule has 1 atom stereocenters. The van der Waals surface area contributed by atoms with Crippen LogP contribution in [0.1, 0.15) is 37.3 Å². The number of esters is 1. The highest BCUT2D eigenvalue weighted by Gasteiger charge is 2.37. The van der Waals surface area contributed by atoms with Crippen LogP contribution in [0, 0.1) is 5.92 Å². The summed E-state index contributed by atoms with van der Waals surface area (Å²) in [4.78, 5) is 48.2. The van der Waals surface area contributed by atoms with Gasteiger partial charge in [-0.25, -0.2) is 9.79 Å². The molecule has 2 aromatic heterocycles. The predicted octanol–water partition coefficient (Wildman–Crippen LogP) is 3.40. The number of aromatic nitrogens is 1. The second-order valence-electron chi connectivity index (χ2n) is 9.01. The molecule has 0 saturated carbocycles. The second kappa shape index (κ2) is 9.48. The lowest BCUT2D eigenvalue weighted by molar-refractivity contribution is -0.140. The molecule has 3 aromatic rings. The number of anilines is 1. The fourth-order valence-corrected chi connectivity index (χ4v) is 6.44. The van der Waals surface area contributed by atoms with E-state index in [1.165, 1.54) is 27.2 Å². The molecule has 1 amide bonds. The van der Waals surface area contributed by atoms with Crippen LogP contribution in [0.4, 0.5) is 5.69 Å². The predicted molar refractivity (Wildman–Crippen MR) is 142 cm³/mol. The Bertz CT molecular complexity index is 1590. The van der Waals surface area contributed by atoms with Crippen molar-refractivity contribution in [3.63, 3.8) is 0 Å². The lowest BCUT2D eigenvalue weighted by Crippen LogP contribution is -2.40. The highest BCUT2D eigenvalue weighted by atomic mass is 32.1. The Morgan fingerprint density at radius 2 is 2.00 bits per heavy atom. The summed E-state index contributed by atoms with van der Waals surface area (Å²) < 4.78 is 7.41. The van der Waals surface area contributed by atoms with Crippen LogP contribution in [0.3, 0.4) is 0 Å². The molecule has 36 heavy (non-hydrogen) atoms. The molecule has 9 heteroatoms. The van der Waals surface area contributed by atoms with Gasteiger partial charge >= 0.3 is 5.97 Å². The number of hydrogen-bond donors (Lipinski definition) is 0. The quantitative estimate of drug-likeness (QED) is 0.369. The van der Waals surface area contributed by atoms with Gasteiger partial charge in [-0.2, -0.15) is 0 Å². The molecule has 7 nitrogen and oxygen atoms in total. The Morgan fingerprint density at radius 3 is 2.69 bits per heavy atom. The monoisotopic (exact) mass is 519 g/mol. The maximum absolute atomic E-state index is 14.0. The van der Waals surface area contributed by atoms with Crippen LogP contribution in [-0.4, -0.2) is 29.6 Å². The maximum Gasteiger partial charge on any atom is 0.338 e. The third-order valence-corrected chi connectivity index (χ3v) is 8.02. The van der Waals surface area contributed by atoms with Gasteiger partial charge in [0, 0.05) is 17.0 Å². The van der Waals surface area contributed by atoms with Crippen molar-refractivity contribution < 1.29 is 14.3 Å². The average Bonchev–Trinajstić information content (AvgIpc) is 3.55. The standard InChI is InChI=1S/C27H25N3O4S2/c1-5-12-29-18-10-7-6-9-17(18)21(24(29)31)23-25(32)30-22(19-11-8-13-35-19)20(16(4)28-27(30)36-23)26(33)34-14-15(2)3/h5-11,13,15,22H,1,12,14H2,2-4H3. The minimum absolute atomic E-state index is 0.171. The number of nitrogens with zero attached hydrogens (tertiary/aromatic N) is 3. The van der Waals surface area contributed by atoms with Gasteiger partial charge in [0.2, 0.25) is 0 Å². The van der Waals surface area contributed by atoms with Gasteiger partial charge in [-0.1, -0.05) is 55.5 Å². The summed E-state index contributed by atoms with van der Waals surface area (Å²) in [6.45, 7) is 10.1. The van der Waals surface area contributed by atoms with Crippen LogP contribution in [0.5, 0.6) is 0 Å². The number of carbonyl (C=O) groups excluding carboxylic acids is 2. The first kappa shape index (κ1) is 24.1. The summed E-state index contributed by atoms with van der Waals surface area (Å²) in [5.74, 6) is -0.563. The van der Waals surface area contributed by atoms with Crippen LogP contribution < -0.4 is 19.8 Å². The van der Waals surface area contributed by atoms with E-state index < -0.39 is 12.0 Å². The molecule has 0 bridgehead atoms. The molecule has 0 aliphatic carbocycles. The van der Waals surface area contributed by atoms with Crippen molar-refractivity contribution in [3.05, 3.63) is 95.8 Å². The fourth-order valence-electron chi connectivity index (χ4n) is 4.48. The largest absolute Gasteiger partial charge is 0.462 e. The topological polar surface area (TPSA) is 81.0 Å². The smallest absolute Gasteiger partial charge is 0.338 e. The molecular weight excluding hydrogens is 494 g/mol. The first-order valence-corrected chi connectivity index (χ1v) is 13.3. The van der Waals surface area contributed by atoms with Gasteiger partial charge < -0.3 is 9.64 Å². The highest BCUT2D eigenvalue weighted by Crippen LogP contribution is 2.36. The summed E-state index contributed by atoms with van der Waals surface area (Å²) in [6, 6.07) is 10.5. The molecule has 5 rings (SSSR count).